The van der Waals surface area contributed by atoms with Crippen LogP contribution in [0, 0.1) is 0 Å². The minimum atomic E-state index is -0.883. The maximum atomic E-state index is 11.6. The number of hydrogen-bond acceptors (Lipinski definition) is 6. The average molecular weight is 289 g/mol. The molecule has 1 aromatic carbocycles. The number of carbonyl (C=O) groups excluding carboxylic acids is 3. The van der Waals surface area contributed by atoms with Gasteiger partial charge in [0.25, 0.3) is 0 Å². The lowest BCUT2D eigenvalue weighted by Crippen LogP contribution is -2.33. The van der Waals surface area contributed by atoms with E-state index < -0.39 is 17.8 Å². The van der Waals surface area contributed by atoms with Crippen LogP contribution in [0.3, 0.4) is 0 Å². The Morgan fingerprint density at radius 2 is 1.67 bits per heavy atom. The normalized spacial score (nSPS) is 9.76. The monoisotopic (exact) mass is 289 g/mol. The van der Waals surface area contributed by atoms with Gasteiger partial charge in [-0.3, -0.25) is 15.0 Å². The molecule has 9 nitrogen and oxygen atoms in total. The highest BCUT2D eigenvalue weighted by Gasteiger charge is 2.14. The summed E-state index contributed by atoms with van der Waals surface area (Å²) in [4.78, 5) is 34.5. The molecule has 1 heterocycles. The van der Waals surface area contributed by atoms with E-state index in [4.69, 9.17) is 0 Å². The standard InChI is InChI=1S/C12H11N5O4/c1-21-12(20)8-2-4-9(5-3-8)15-10(18)11(19)16-17-6-13-14-7-17/h2-7H,1H3,(H,15,18)(H,16,19). The van der Waals surface area contributed by atoms with Gasteiger partial charge in [-0.2, -0.15) is 0 Å². The van der Waals surface area contributed by atoms with Crippen LogP contribution in [0.4, 0.5) is 5.69 Å². The van der Waals surface area contributed by atoms with Gasteiger partial charge in [0.15, 0.2) is 0 Å². The topological polar surface area (TPSA) is 115 Å². The van der Waals surface area contributed by atoms with E-state index in [-0.39, 0.29) is 0 Å². The molecule has 2 amide bonds. The average Bonchev–Trinajstić information content (AvgIpc) is 3.00. The van der Waals surface area contributed by atoms with Crippen molar-refractivity contribution >= 4 is 23.5 Å². The summed E-state index contributed by atoms with van der Waals surface area (Å²) in [5.74, 6) is -2.24. The molecule has 0 aliphatic rings. The van der Waals surface area contributed by atoms with E-state index in [2.05, 4.69) is 25.7 Å². The Kier molecular flexibility index (Phi) is 4.24. The van der Waals surface area contributed by atoms with Crippen LogP contribution in [0.2, 0.25) is 0 Å². The number of aromatic nitrogens is 3. The van der Waals surface area contributed by atoms with E-state index in [1.165, 1.54) is 44.0 Å². The highest BCUT2D eigenvalue weighted by molar-refractivity contribution is 6.42. The first kappa shape index (κ1) is 14.2. The van der Waals surface area contributed by atoms with E-state index >= 15 is 0 Å². The molecule has 0 radical (unpaired) electrons. The van der Waals surface area contributed by atoms with Gasteiger partial charge >= 0.3 is 17.8 Å². The molecular formula is C12H11N5O4. The minimum absolute atomic E-state index is 0.337. The Balaban J connectivity index is 1.96. The van der Waals surface area contributed by atoms with Gasteiger partial charge in [0.2, 0.25) is 0 Å². The van der Waals surface area contributed by atoms with Gasteiger partial charge in [-0.05, 0) is 24.3 Å². The van der Waals surface area contributed by atoms with Gasteiger partial charge in [-0.25, -0.2) is 9.47 Å². The fourth-order valence-corrected chi connectivity index (χ4v) is 1.42. The van der Waals surface area contributed by atoms with Crippen molar-refractivity contribution in [3.8, 4) is 0 Å². The molecule has 0 atom stereocenters. The Morgan fingerprint density at radius 3 is 2.24 bits per heavy atom. The number of carbonyl (C=O) groups is 3. The first-order chi connectivity index (χ1) is 10.1. The zero-order chi connectivity index (χ0) is 15.2. The largest absolute Gasteiger partial charge is 0.465 e. The zero-order valence-corrected chi connectivity index (χ0v) is 10.9. The number of anilines is 1. The quantitative estimate of drug-likeness (QED) is 0.596. The number of nitrogens with zero attached hydrogens (tertiary/aromatic N) is 3. The summed E-state index contributed by atoms with van der Waals surface area (Å²) < 4.78 is 5.69. The number of amides is 2. The van der Waals surface area contributed by atoms with Crippen molar-refractivity contribution in [3.05, 3.63) is 42.5 Å². The second-order valence-electron chi connectivity index (χ2n) is 3.83. The third kappa shape index (κ3) is 3.62. The minimum Gasteiger partial charge on any atom is -0.465 e. The van der Waals surface area contributed by atoms with E-state index in [0.29, 0.717) is 11.3 Å². The highest BCUT2D eigenvalue weighted by Crippen LogP contribution is 2.10. The van der Waals surface area contributed by atoms with Crippen LogP contribution in [-0.4, -0.2) is 39.8 Å². The molecule has 2 rings (SSSR count). The van der Waals surface area contributed by atoms with E-state index in [1.807, 2.05) is 0 Å². The third-order valence-electron chi connectivity index (χ3n) is 2.42. The number of esters is 1. The van der Waals surface area contributed by atoms with Crippen molar-refractivity contribution in [2.75, 3.05) is 17.9 Å². The molecule has 1 aromatic heterocycles. The number of nitrogens with one attached hydrogen (secondary N) is 2. The second kappa shape index (κ2) is 6.28. The Morgan fingerprint density at radius 1 is 1.05 bits per heavy atom. The summed E-state index contributed by atoms with van der Waals surface area (Å²) in [6.07, 6.45) is 2.46. The summed E-state index contributed by atoms with van der Waals surface area (Å²) >= 11 is 0. The van der Waals surface area contributed by atoms with Crippen molar-refractivity contribution in [1.82, 2.24) is 14.9 Å². The predicted molar refractivity (Wildman–Crippen MR) is 70.8 cm³/mol. The molecule has 0 saturated heterocycles. The highest BCUT2D eigenvalue weighted by atomic mass is 16.5. The summed E-state index contributed by atoms with van der Waals surface area (Å²) in [5, 5.41) is 9.33. The summed E-state index contributed by atoms with van der Waals surface area (Å²) in [7, 11) is 1.27. The van der Waals surface area contributed by atoms with E-state index in [9.17, 15) is 14.4 Å². The van der Waals surface area contributed by atoms with Gasteiger partial charge in [-0.15, -0.1) is 10.2 Å². The molecule has 0 saturated carbocycles. The smallest absolute Gasteiger partial charge is 0.337 e. The molecule has 2 N–H and O–H groups in total. The maximum absolute atomic E-state index is 11.6. The molecule has 0 bridgehead atoms. The molecule has 108 valence electrons. The van der Waals surface area contributed by atoms with Gasteiger partial charge in [0.1, 0.15) is 12.7 Å². The molecule has 0 aliphatic heterocycles. The third-order valence-corrected chi connectivity index (χ3v) is 2.42. The molecule has 0 unspecified atom stereocenters. The first-order valence-corrected chi connectivity index (χ1v) is 5.75. The summed E-state index contributed by atoms with van der Waals surface area (Å²) in [6.45, 7) is 0. The molecule has 0 aliphatic carbocycles. The van der Waals surface area contributed by atoms with Crippen LogP contribution >= 0.6 is 0 Å². The molecule has 9 heteroatoms. The first-order valence-electron chi connectivity index (χ1n) is 5.75. The lowest BCUT2D eigenvalue weighted by Gasteiger charge is -2.06. The maximum Gasteiger partial charge on any atom is 0.337 e. The number of ether oxygens (including phenoxy) is 1. The number of methoxy groups -OCH3 is 1. The lowest BCUT2D eigenvalue weighted by atomic mass is 10.2. The molecular weight excluding hydrogens is 278 g/mol. The SMILES string of the molecule is COC(=O)c1ccc(NC(=O)C(=O)Nn2cnnc2)cc1. The Bertz CT molecular complexity index is 651. The van der Waals surface area contributed by atoms with E-state index in [1.54, 1.807) is 0 Å². The van der Waals surface area contributed by atoms with Crippen LogP contribution in [0.15, 0.2) is 36.9 Å². The van der Waals surface area contributed by atoms with Crippen molar-refractivity contribution in [3.63, 3.8) is 0 Å². The van der Waals surface area contributed by atoms with Crippen LogP contribution in [0.25, 0.3) is 0 Å². The van der Waals surface area contributed by atoms with Gasteiger partial charge < -0.3 is 10.1 Å². The van der Waals surface area contributed by atoms with Crippen LogP contribution in [0.1, 0.15) is 10.4 Å². The van der Waals surface area contributed by atoms with Gasteiger partial charge in [-0.1, -0.05) is 0 Å². The Labute approximate surface area is 118 Å². The van der Waals surface area contributed by atoms with Crippen molar-refractivity contribution in [1.29, 1.82) is 0 Å². The number of benzene rings is 1. The summed E-state index contributed by atoms with van der Waals surface area (Å²) in [6, 6.07) is 5.91. The number of hydrogen-bond donors (Lipinski definition) is 2. The van der Waals surface area contributed by atoms with Crippen LogP contribution in [-0.2, 0) is 14.3 Å². The van der Waals surface area contributed by atoms with Crippen LogP contribution in [0.5, 0.6) is 0 Å². The Hall–Kier alpha value is -3.23. The fourth-order valence-electron chi connectivity index (χ4n) is 1.42. The lowest BCUT2D eigenvalue weighted by molar-refractivity contribution is -0.133. The van der Waals surface area contributed by atoms with Gasteiger partial charge in [0, 0.05) is 5.69 Å². The summed E-state index contributed by atoms with van der Waals surface area (Å²) in [5.41, 5.74) is 2.95. The zero-order valence-electron chi connectivity index (χ0n) is 10.9. The molecule has 0 spiro atoms. The second-order valence-corrected chi connectivity index (χ2v) is 3.83. The van der Waals surface area contributed by atoms with Gasteiger partial charge in [0.05, 0.1) is 12.7 Å². The van der Waals surface area contributed by atoms with Crippen LogP contribution < -0.4 is 10.7 Å². The predicted octanol–water partition coefficient (Wildman–Crippen LogP) is -0.227. The molecule has 21 heavy (non-hydrogen) atoms. The van der Waals surface area contributed by atoms with Crippen molar-refractivity contribution in [2.45, 2.75) is 0 Å². The van der Waals surface area contributed by atoms with Crippen molar-refractivity contribution in [2.24, 2.45) is 0 Å². The van der Waals surface area contributed by atoms with Crippen molar-refractivity contribution < 1.29 is 19.1 Å². The molecule has 2 aromatic rings. The van der Waals surface area contributed by atoms with E-state index in [0.717, 1.165) is 4.68 Å². The fraction of sp³-hybridized carbons (Fsp3) is 0.0833. The molecule has 0 fully saturated rings. The number of rotatable bonds is 3.